The van der Waals surface area contributed by atoms with Gasteiger partial charge in [0.25, 0.3) is 0 Å². The van der Waals surface area contributed by atoms with Crippen LogP contribution < -0.4 is 14.5 Å². The van der Waals surface area contributed by atoms with E-state index in [1.54, 1.807) is 18.4 Å². The van der Waals surface area contributed by atoms with Crippen molar-refractivity contribution < 1.29 is 19.4 Å². The predicted molar refractivity (Wildman–Crippen MR) is 187 cm³/mol. The lowest BCUT2D eigenvalue weighted by Gasteiger charge is -2.41. The number of methoxy groups -OCH3 is 1. The van der Waals surface area contributed by atoms with Gasteiger partial charge in [-0.15, -0.1) is 0 Å². The summed E-state index contributed by atoms with van der Waals surface area (Å²) in [6.45, 7) is 17.7. The fourth-order valence-corrected chi connectivity index (χ4v) is 7.80. The van der Waals surface area contributed by atoms with Gasteiger partial charge in [0.15, 0.2) is 11.2 Å². The third-order valence-corrected chi connectivity index (χ3v) is 10.4. The number of fused-ring (bicyclic) bond motifs is 2. The summed E-state index contributed by atoms with van der Waals surface area (Å²) in [4.78, 5) is 27.5. The van der Waals surface area contributed by atoms with Gasteiger partial charge >= 0.3 is 5.97 Å². The minimum atomic E-state index is -1.13. The molecular weight excluding hydrogens is 596 g/mol. The van der Waals surface area contributed by atoms with Crippen LogP contribution in [0.25, 0.3) is 21.3 Å². The lowest BCUT2D eigenvalue weighted by Crippen LogP contribution is -2.39. The number of anilines is 2. The van der Waals surface area contributed by atoms with E-state index in [1.807, 2.05) is 46.8 Å². The Hall–Kier alpha value is -3.69. The zero-order valence-corrected chi connectivity index (χ0v) is 29.2. The molecular formula is C37H46N4O4S. The molecule has 0 aliphatic carbocycles. The van der Waals surface area contributed by atoms with Crippen LogP contribution in [0, 0.1) is 19.3 Å². The van der Waals surface area contributed by atoms with Gasteiger partial charge in [-0.2, -0.15) is 0 Å². The van der Waals surface area contributed by atoms with Gasteiger partial charge in [0.05, 0.1) is 28.6 Å². The number of aliphatic carboxylic acids is 1. The number of ether oxygens (including phenoxy) is 2. The van der Waals surface area contributed by atoms with Crippen molar-refractivity contribution in [2.24, 2.45) is 5.41 Å². The van der Waals surface area contributed by atoms with Crippen LogP contribution in [0.4, 0.5) is 10.8 Å². The van der Waals surface area contributed by atoms with Crippen molar-refractivity contribution in [1.29, 1.82) is 0 Å². The van der Waals surface area contributed by atoms with E-state index in [0.717, 1.165) is 89.0 Å². The van der Waals surface area contributed by atoms with E-state index >= 15 is 0 Å². The van der Waals surface area contributed by atoms with Crippen molar-refractivity contribution in [1.82, 2.24) is 9.97 Å². The molecule has 0 saturated carbocycles. The molecule has 1 saturated heterocycles. The lowest BCUT2D eigenvalue weighted by molar-refractivity contribution is -0.160. The second-order valence-corrected chi connectivity index (χ2v) is 15.5. The van der Waals surface area contributed by atoms with Crippen molar-refractivity contribution in [2.45, 2.75) is 86.0 Å². The Kier molecular flexibility index (Phi) is 8.52. The van der Waals surface area contributed by atoms with Gasteiger partial charge in [-0.1, -0.05) is 43.4 Å². The zero-order valence-electron chi connectivity index (χ0n) is 28.4. The van der Waals surface area contributed by atoms with E-state index in [0.29, 0.717) is 11.3 Å². The SMILES string of the molecule is COc1ccc2nc(N3CCc4cc(-c5c(C)nc(C)c(C(OC(C)(C)C)C(=O)O)c5N5CCC(C)(C)CC5)ccc4C3)sc2c1. The van der Waals surface area contributed by atoms with E-state index in [1.165, 1.54) is 11.1 Å². The highest BCUT2D eigenvalue weighted by Gasteiger charge is 2.36. The molecule has 4 heterocycles. The zero-order chi connectivity index (χ0) is 33.0. The predicted octanol–water partition coefficient (Wildman–Crippen LogP) is 8.11. The largest absolute Gasteiger partial charge is 0.497 e. The van der Waals surface area contributed by atoms with Crippen LogP contribution in [0.2, 0.25) is 0 Å². The highest BCUT2D eigenvalue weighted by atomic mass is 32.1. The first kappa shape index (κ1) is 32.3. The topological polar surface area (TPSA) is 88.0 Å². The number of benzene rings is 2. The fraction of sp³-hybridized carbons (Fsp3) is 0.486. The number of carboxylic acids is 1. The van der Waals surface area contributed by atoms with E-state index in [-0.39, 0.29) is 5.41 Å². The molecule has 8 nitrogen and oxygen atoms in total. The smallest absolute Gasteiger partial charge is 0.337 e. The van der Waals surface area contributed by atoms with Crippen LogP contribution in [0.3, 0.4) is 0 Å². The molecule has 0 amide bonds. The van der Waals surface area contributed by atoms with Gasteiger partial charge in [-0.3, -0.25) is 4.98 Å². The van der Waals surface area contributed by atoms with Crippen LogP contribution in [-0.4, -0.2) is 53.4 Å². The number of thiazole rings is 1. The molecule has 2 aliphatic rings. The average molecular weight is 643 g/mol. The van der Waals surface area contributed by atoms with Crippen LogP contribution >= 0.6 is 11.3 Å². The van der Waals surface area contributed by atoms with Crippen molar-refractivity contribution >= 4 is 38.3 Å². The summed E-state index contributed by atoms with van der Waals surface area (Å²) in [5, 5.41) is 11.5. The van der Waals surface area contributed by atoms with Gasteiger partial charge in [0, 0.05) is 48.7 Å². The molecule has 2 aromatic carbocycles. The minimum absolute atomic E-state index is 0.245. The van der Waals surface area contributed by atoms with Gasteiger partial charge < -0.3 is 24.4 Å². The van der Waals surface area contributed by atoms with Gasteiger partial charge in [0.1, 0.15) is 5.75 Å². The molecule has 1 unspecified atom stereocenters. The summed E-state index contributed by atoms with van der Waals surface area (Å²) >= 11 is 1.70. The quantitative estimate of drug-likeness (QED) is 0.216. The molecule has 6 rings (SSSR count). The van der Waals surface area contributed by atoms with Crippen LogP contribution in [0.15, 0.2) is 36.4 Å². The highest BCUT2D eigenvalue weighted by molar-refractivity contribution is 7.22. The summed E-state index contributed by atoms with van der Waals surface area (Å²) in [5.74, 6) is -0.150. The molecule has 244 valence electrons. The number of aromatic nitrogens is 2. The Labute approximate surface area is 276 Å². The second-order valence-electron chi connectivity index (χ2n) is 14.5. The van der Waals surface area contributed by atoms with Crippen LogP contribution in [-0.2, 0) is 22.5 Å². The molecule has 0 radical (unpaired) electrons. The molecule has 9 heteroatoms. The van der Waals surface area contributed by atoms with Crippen molar-refractivity contribution in [3.63, 3.8) is 0 Å². The highest BCUT2D eigenvalue weighted by Crippen LogP contribution is 2.45. The maximum Gasteiger partial charge on any atom is 0.337 e. The Bertz CT molecular complexity index is 1780. The normalized spacial score (nSPS) is 17.2. The standard InChI is InChI=1S/C37H46N4O4S/c1-22-30(32(40-17-14-37(6,7)15-18-40)31(23(2)38-22)33(34(42)43)45-36(3,4)5)25-9-10-26-21-41(16-13-24(26)19-25)35-39-28-12-11-27(44-8)20-29(28)46-35/h9-12,19-20,33H,13-18,21H2,1-8H3,(H,42,43). The molecule has 0 bridgehead atoms. The van der Waals surface area contributed by atoms with Gasteiger partial charge in [-0.05, 0) is 94.2 Å². The molecule has 2 aromatic heterocycles. The fourth-order valence-electron chi connectivity index (χ4n) is 6.78. The molecule has 2 aliphatic heterocycles. The summed E-state index contributed by atoms with van der Waals surface area (Å²) in [5.41, 5.74) is 8.50. The van der Waals surface area contributed by atoms with Gasteiger partial charge in [0.2, 0.25) is 0 Å². The lowest BCUT2D eigenvalue weighted by atomic mass is 9.81. The first-order valence-electron chi connectivity index (χ1n) is 16.2. The number of carbonyl (C=O) groups is 1. The van der Waals surface area contributed by atoms with Crippen molar-refractivity contribution in [3.8, 4) is 16.9 Å². The molecule has 1 fully saturated rings. The van der Waals surface area contributed by atoms with Crippen molar-refractivity contribution in [2.75, 3.05) is 36.5 Å². The summed E-state index contributed by atoms with van der Waals surface area (Å²) in [6, 6.07) is 12.8. The maximum absolute atomic E-state index is 12.8. The first-order valence-corrected chi connectivity index (χ1v) is 17.0. The third-order valence-electron chi connectivity index (χ3n) is 9.33. The van der Waals surface area contributed by atoms with E-state index < -0.39 is 17.7 Å². The summed E-state index contributed by atoms with van der Waals surface area (Å²) in [7, 11) is 1.69. The first-order chi connectivity index (χ1) is 21.7. The number of rotatable bonds is 7. The minimum Gasteiger partial charge on any atom is -0.497 e. The molecule has 0 spiro atoms. The number of piperidine rings is 1. The number of nitrogens with zero attached hydrogens (tertiary/aromatic N) is 4. The number of hydrogen-bond donors (Lipinski definition) is 1. The molecule has 46 heavy (non-hydrogen) atoms. The van der Waals surface area contributed by atoms with E-state index in [2.05, 4.69) is 47.9 Å². The van der Waals surface area contributed by atoms with Gasteiger partial charge in [-0.25, -0.2) is 9.78 Å². The molecule has 4 aromatic rings. The summed E-state index contributed by atoms with van der Waals surface area (Å²) in [6.07, 6.45) is 1.83. The van der Waals surface area contributed by atoms with E-state index in [4.69, 9.17) is 19.4 Å². The number of aryl methyl sites for hydroxylation is 2. The molecule has 1 atom stereocenters. The number of carboxylic acid groups (broad SMARTS) is 1. The Balaban J connectivity index is 1.41. The van der Waals surface area contributed by atoms with Crippen LogP contribution in [0.1, 0.15) is 81.6 Å². The van der Waals surface area contributed by atoms with Crippen molar-refractivity contribution in [3.05, 3.63) is 64.5 Å². The van der Waals surface area contributed by atoms with E-state index in [9.17, 15) is 9.90 Å². The monoisotopic (exact) mass is 642 g/mol. The molecule has 1 N–H and O–H groups in total. The van der Waals surface area contributed by atoms with Crippen LogP contribution in [0.5, 0.6) is 5.75 Å². The average Bonchev–Trinajstić information content (AvgIpc) is 3.42. The second kappa shape index (κ2) is 12.2. The summed E-state index contributed by atoms with van der Waals surface area (Å²) < 4.78 is 12.8. The maximum atomic E-state index is 12.8. The number of pyridine rings is 1. The third kappa shape index (κ3) is 6.45. The Morgan fingerprint density at radius 1 is 0.978 bits per heavy atom. The number of hydrogen-bond acceptors (Lipinski definition) is 8. The Morgan fingerprint density at radius 3 is 2.39 bits per heavy atom. The Morgan fingerprint density at radius 2 is 1.72 bits per heavy atom.